The van der Waals surface area contributed by atoms with E-state index in [9.17, 15) is 18.0 Å². The van der Waals surface area contributed by atoms with E-state index in [1.165, 1.54) is 0 Å². The second-order valence-corrected chi connectivity index (χ2v) is 8.33. The first-order valence-electron chi connectivity index (χ1n) is 7.75. The molecule has 8 nitrogen and oxygen atoms in total. The van der Waals surface area contributed by atoms with Crippen molar-refractivity contribution in [3.8, 4) is 0 Å². The Morgan fingerprint density at radius 2 is 2.04 bits per heavy atom. The first kappa shape index (κ1) is 18.2. The highest BCUT2D eigenvalue weighted by molar-refractivity contribution is 7.88. The van der Waals surface area contributed by atoms with Crippen molar-refractivity contribution in [2.45, 2.75) is 25.9 Å². The summed E-state index contributed by atoms with van der Waals surface area (Å²) >= 11 is 0. The molecule has 0 spiro atoms. The Balaban J connectivity index is 1.96. The maximum atomic E-state index is 12.4. The van der Waals surface area contributed by atoms with Gasteiger partial charge in [-0.3, -0.25) is 9.59 Å². The van der Waals surface area contributed by atoms with Gasteiger partial charge in [-0.05, 0) is 18.8 Å². The average Bonchev–Trinajstić information content (AvgIpc) is 3.28. The molecule has 0 aromatic heterocycles. The van der Waals surface area contributed by atoms with Crippen molar-refractivity contribution in [2.24, 2.45) is 11.8 Å². The van der Waals surface area contributed by atoms with Gasteiger partial charge in [0.05, 0.1) is 19.0 Å². The summed E-state index contributed by atoms with van der Waals surface area (Å²) in [6.07, 6.45) is 2.63. The lowest BCUT2D eigenvalue weighted by Crippen LogP contribution is -2.52. The quantitative estimate of drug-likeness (QED) is 0.672. The minimum Gasteiger partial charge on any atom is -0.480 e. The molecule has 9 heteroatoms. The minimum atomic E-state index is -3.65. The summed E-state index contributed by atoms with van der Waals surface area (Å²) in [5.41, 5.74) is 0. The second-order valence-electron chi connectivity index (χ2n) is 6.35. The van der Waals surface area contributed by atoms with Gasteiger partial charge in [0.25, 0.3) is 0 Å². The van der Waals surface area contributed by atoms with Gasteiger partial charge in [0.2, 0.25) is 15.9 Å². The van der Waals surface area contributed by atoms with Crippen molar-refractivity contribution >= 4 is 21.9 Å². The molecule has 1 aliphatic heterocycles. The van der Waals surface area contributed by atoms with Crippen LogP contribution in [0.5, 0.6) is 0 Å². The highest BCUT2D eigenvalue weighted by Crippen LogP contribution is 2.37. The van der Waals surface area contributed by atoms with Crippen LogP contribution in [-0.2, 0) is 24.3 Å². The zero-order valence-electron chi connectivity index (χ0n) is 13.5. The fourth-order valence-corrected chi connectivity index (χ4v) is 3.59. The monoisotopic (exact) mass is 348 g/mol. The van der Waals surface area contributed by atoms with Crippen LogP contribution in [0.3, 0.4) is 0 Å². The predicted octanol–water partition coefficient (Wildman–Crippen LogP) is -0.394. The average molecular weight is 348 g/mol. The number of carbonyl (C=O) groups excluding carboxylic acids is 1. The Labute approximate surface area is 136 Å². The summed E-state index contributed by atoms with van der Waals surface area (Å²) in [5, 5.41) is 8.85. The maximum Gasteiger partial charge on any atom is 0.318 e. The molecule has 0 bridgehead atoms. The van der Waals surface area contributed by atoms with Crippen LogP contribution in [0, 0.1) is 11.8 Å². The third-order valence-electron chi connectivity index (χ3n) is 4.36. The maximum absolute atomic E-state index is 12.4. The van der Waals surface area contributed by atoms with E-state index in [0.29, 0.717) is 25.6 Å². The van der Waals surface area contributed by atoms with E-state index >= 15 is 0 Å². The molecule has 0 aromatic rings. The lowest BCUT2D eigenvalue weighted by molar-refractivity contribution is -0.144. The van der Waals surface area contributed by atoms with Crippen LogP contribution in [0.2, 0.25) is 0 Å². The molecule has 2 aliphatic rings. The number of amides is 1. The number of carboxylic acid groups (broad SMARTS) is 1. The minimum absolute atomic E-state index is 0.0150. The molecular weight excluding hydrogens is 324 g/mol. The Morgan fingerprint density at radius 3 is 2.57 bits per heavy atom. The van der Waals surface area contributed by atoms with Crippen LogP contribution < -0.4 is 0 Å². The normalized spacial score (nSPS) is 23.8. The Hall–Kier alpha value is -1.19. The first-order chi connectivity index (χ1) is 10.7. The summed E-state index contributed by atoms with van der Waals surface area (Å²) in [5.74, 6) is -0.700. The van der Waals surface area contributed by atoms with Crippen molar-refractivity contribution in [2.75, 3.05) is 39.0 Å². The van der Waals surface area contributed by atoms with E-state index in [2.05, 4.69) is 0 Å². The molecule has 2 unspecified atom stereocenters. The summed E-state index contributed by atoms with van der Waals surface area (Å²) in [6.45, 7) is 2.37. The molecule has 1 N–H and O–H groups in total. The second kappa shape index (κ2) is 7.14. The predicted molar refractivity (Wildman–Crippen MR) is 82.3 cm³/mol. The zero-order chi connectivity index (χ0) is 17.2. The lowest BCUT2D eigenvalue weighted by atomic mass is 10.0. The van der Waals surface area contributed by atoms with Gasteiger partial charge in [0.15, 0.2) is 0 Å². The highest BCUT2D eigenvalue weighted by Gasteiger charge is 2.37. The van der Waals surface area contributed by atoms with Crippen molar-refractivity contribution in [1.29, 1.82) is 0 Å². The molecule has 1 saturated heterocycles. The molecule has 132 valence electrons. The van der Waals surface area contributed by atoms with Crippen LogP contribution in [0.15, 0.2) is 0 Å². The van der Waals surface area contributed by atoms with Crippen LogP contribution in [0.4, 0.5) is 0 Å². The van der Waals surface area contributed by atoms with Gasteiger partial charge in [-0.15, -0.1) is 0 Å². The Kier molecular flexibility index (Phi) is 5.64. The highest BCUT2D eigenvalue weighted by atomic mass is 32.2. The van der Waals surface area contributed by atoms with Crippen molar-refractivity contribution in [3.05, 3.63) is 0 Å². The SMILES string of the molecule is CC(C(=O)N1CCOC(CN(CC(=O)O)S(C)(=O)=O)C1)C1CC1. The first-order valence-corrected chi connectivity index (χ1v) is 9.60. The molecular formula is C14H24N2O6S. The molecule has 1 amide bonds. The summed E-state index contributed by atoms with van der Waals surface area (Å²) in [7, 11) is -3.65. The topological polar surface area (TPSA) is 104 Å². The number of sulfonamides is 1. The molecule has 1 aliphatic carbocycles. The van der Waals surface area contributed by atoms with Gasteiger partial charge < -0.3 is 14.7 Å². The molecule has 1 heterocycles. The number of hydrogen-bond acceptors (Lipinski definition) is 5. The van der Waals surface area contributed by atoms with E-state index in [4.69, 9.17) is 9.84 Å². The van der Waals surface area contributed by atoms with Gasteiger partial charge in [0, 0.05) is 25.6 Å². The van der Waals surface area contributed by atoms with Gasteiger partial charge in [0.1, 0.15) is 6.54 Å². The van der Waals surface area contributed by atoms with E-state index in [-0.39, 0.29) is 18.4 Å². The summed E-state index contributed by atoms with van der Waals surface area (Å²) in [6, 6.07) is 0. The van der Waals surface area contributed by atoms with Gasteiger partial charge >= 0.3 is 5.97 Å². The van der Waals surface area contributed by atoms with E-state index in [1.807, 2.05) is 6.92 Å². The van der Waals surface area contributed by atoms with Crippen LogP contribution >= 0.6 is 0 Å². The zero-order valence-corrected chi connectivity index (χ0v) is 14.3. The summed E-state index contributed by atoms with van der Waals surface area (Å²) in [4.78, 5) is 25.0. The number of aliphatic carboxylic acids is 1. The lowest BCUT2D eigenvalue weighted by Gasteiger charge is -2.36. The molecule has 2 rings (SSSR count). The Morgan fingerprint density at radius 1 is 1.39 bits per heavy atom. The number of carboxylic acids is 1. The summed E-state index contributed by atoms with van der Waals surface area (Å²) < 4.78 is 29.8. The van der Waals surface area contributed by atoms with Crippen LogP contribution in [-0.4, -0.2) is 79.8 Å². The number of morpholine rings is 1. The Bertz CT molecular complexity index is 560. The molecule has 0 aromatic carbocycles. The molecule has 1 saturated carbocycles. The molecule has 23 heavy (non-hydrogen) atoms. The van der Waals surface area contributed by atoms with Gasteiger partial charge in [-0.2, -0.15) is 4.31 Å². The molecule has 0 radical (unpaired) electrons. The van der Waals surface area contributed by atoms with Crippen LogP contribution in [0.1, 0.15) is 19.8 Å². The standard InChI is InChI=1S/C14H24N2O6S/c1-10(11-3-4-11)14(19)15-5-6-22-12(7-15)8-16(9-13(17)18)23(2,20)21/h10-12H,3-9H2,1-2H3,(H,17,18). The smallest absolute Gasteiger partial charge is 0.318 e. The van der Waals surface area contributed by atoms with Gasteiger partial charge in [-0.1, -0.05) is 6.92 Å². The van der Waals surface area contributed by atoms with E-state index in [1.54, 1.807) is 4.90 Å². The third kappa shape index (κ3) is 5.15. The third-order valence-corrected chi connectivity index (χ3v) is 5.57. The van der Waals surface area contributed by atoms with E-state index in [0.717, 1.165) is 23.4 Å². The van der Waals surface area contributed by atoms with Crippen molar-refractivity contribution in [1.82, 2.24) is 9.21 Å². The number of hydrogen-bond donors (Lipinski definition) is 1. The van der Waals surface area contributed by atoms with Crippen molar-refractivity contribution in [3.63, 3.8) is 0 Å². The number of ether oxygens (including phenoxy) is 1. The number of nitrogens with zero attached hydrogens (tertiary/aromatic N) is 2. The largest absolute Gasteiger partial charge is 0.480 e. The van der Waals surface area contributed by atoms with Crippen LogP contribution in [0.25, 0.3) is 0 Å². The van der Waals surface area contributed by atoms with Crippen molar-refractivity contribution < 1.29 is 27.9 Å². The number of carbonyl (C=O) groups is 2. The fraction of sp³-hybridized carbons (Fsp3) is 0.857. The van der Waals surface area contributed by atoms with Gasteiger partial charge in [-0.25, -0.2) is 8.42 Å². The fourth-order valence-electron chi connectivity index (χ4n) is 2.81. The molecule has 2 atom stereocenters. The molecule has 2 fully saturated rings. The number of rotatable bonds is 7. The van der Waals surface area contributed by atoms with E-state index < -0.39 is 28.6 Å².